The molecule has 0 atom stereocenters. The van der Waals surface area contributed by atoms with Crippen molar-refractivity contribution in [2.45, 2.75) is 32.1 Å². The summed E-state index contributed by atoms with van der Waals surface area (Å²) in [7, 11) is 0. The third-order valence-electron chi connectivity index (χ3n) is 3.72. The van der Waals surface area contributed by atoms with E-state index in [1.165, 1.54) is 37.9 Å². The van der Waals surface area contributed by atoms with Crippen LogP contribution in [0, 0.1) is 0 Å². The Balaban J connectivity index is 1.66. The summed E-state index contributed by atoms with van der Waals surface area (Å²) in [5.41, 5.74) is 6.87. The third kappa shape index (κ3) is 5.21. The Morgan fingerprint density at radius 3 is 2.47 bits per heavy atom. The highest BCUT2D eigenvalue weighted by Gasteiger charge is 2.10. The van der Waals surface area contributed by atoms with Crippen LogP contribution >= 0.6 is 0 Å². The van der Waals surface area contributed by atoms with Crippen LogP contribution < -0.4 is 10.5 Å². The predicted molar refractivity (Wildman–Crippen MR) is 79.6 cm³/mol. The second kappa shape index (κ2) is 8.18. The fraction of sp³-hybridized carbons (Fsp3) is 0.625. The van der Waals surface area contributed by atoms with Crippen LogP contribution in [0.15, 0.2) is 24.3 Å². The van der Waals surface area contributed by atoms with E-state index < -0.39 is 0 Å². The molecule has 0 spiro atoms. The average molecular weight is 262 g/mol. The van der Waals surface area contributed by atoms with Crippen LogP contribution in [-0.2, 0) is 6.42 Å². The molecule has 2 N–H and O–H groups in total. The van der Waals surface area contributed by atoms with Gasteiger partial charge in [0.05, 0.1) is 0 Å². The molecule has 0 unspecified atom stereocenters. The molecule has 1 fully saturated rings. The van der Waals surface area contributed by atoms with Gasteiger partial charge in [-0.2, -0.15) is 0 Å². The lowest BCUT2D eigenvalue weighted by molar-refractivity contribution is 0.238. The van der Waals surface area contributed by atoms with Crippen molar-refractivity contribution in [2.75, 3.05) is 32.8 Å². The number of hydrogen-bond donors (Lipinski definition) is 1. The van der Waals surface area contributed by atoms with Crippen molar-refractivity contribution in [2.24, 2.45) is 5.73 Å². The van der Waals surface area contributed by atoms with E-state index >= 15 is 0 Å². The van der Waals surface area contributed by atoms with Crippen LogP contribution in [0.1, 0.15) is 31.2 Å². The molecule has 1 aromatic carbocycles. The van der Waals surface area contributed by atoms with Crippen LogP contribution in [0.25, 0.3) is 0 Å². The van der Waals surface area contributed by atoms with E-state index in [-0.39, 0.29) is 0 Å². The predicted octanol–water partition coefficient (Wildman–Crippen LogP) is 2.44. The largest absolute Gasteiger partial charge is 0.492 e. The van der Waals surface area contributed by atoms with E-state index in [1.807, 2.05) is 0 Å². The van der Waals surface area contributed by atoms with Crippen LogP contribution in [0.5, 0.6) is 5.75 Å². The molecule has 0 aromatic heterocycles. The molecule has 0 aliphatic carbocycles. The van der Waals surface area contributed by atoms with Crippen LogP contribution in [0.3, 0.4) is 0 Å². The van der Waals surface area contributed by atoms with Crippen molar-refractivity contribution < 1.29 is 4.74 Å². The van der Waals surface area contributed by atoms with Gasteiger partial charge in [0.2, 0.25) is 0 Å². The number of aryl methyl sites for hydroxylation is 1. The van der Waals surface area contributed by atoms with Gasteiger partial charge in [-0.3, -0.25) is 4.90 Å². The van der Waals surface area contributed by atoms with Crippen LogP contribution in [0.2, 0.25) is 0 Å². The topological polar surface area (TPSA) is 38.5 Å². The summed E-state index contributed by atoms with van der Waals surface area (Å²) in [5.74, 6) is 0.988. The lowest BCUT2D eigenvalue weighted by Crippen LogP contribution is -2.25. The fourth-order valence-corrected chi connectivity index (χ4v) is 2.52. The number of nitrogens with zero attached hydrogens (tertiary/aromatic N) is 1. The number of nitrogens with two attached hydrogens (primary N) is 1. The van der Waals surface area contributed by atoms with Crippen molar-refractivity contribution in [1.82, 2.24) is 4.90 Å². The third-order valence-corrected chi connectivity index (χ3v) is 3.72. The van der Waals surface area contributed by atoms with Crippen LogP contribution in [-0.4, -0.2) is 37.7 Å². The van der Waals surface area contributed by atoms with E-state index in [0.29, 0.717) is 0 Å². The second-order valence-corrected chi connectivity index (χ2v) is 5.29. The molecule has 1 aliphatic heterocycles. The van der Waals surface area contributed by atoms with Gasteiger partial charge >= 0.3 is 0 Å². The minimum Gasteiger partial charge on any atom is -0.492 e. The lowest BCUT2D eigenvalue weighted by atomic mass is 10.1. The normalized spacial score (nSPS) is 15.8. The molecule has 0 amide bonds. The summed E-state index contributed by atoms with van der Waals surface area (Å²) in [4.78, 5) is 2.47. The molecular formula is C16H26N2O. The summed E-state index contributed by atoms with van der Waals surface area (Å²) in [5, 5.41) is 0. The minimum atomic E-state index is 0.789. The Labute approximate surface area is 116 Å². The van der Waals surface area contributed by atoms with Gasteiger partial charge < -0.3 is 10.5 Å². The summed E-state index contributed by atoms with van der Waals surface area (Å²) in [6, 6.07) is 8.51. The molecule has 0 saturated carbocycles. The first-order valence-corrected chi connectivity index (χ1v) is 7.52. The van der Waals surface area contributed by atoms with Gasteiger partial charge in [0.25, 0.3) is 0 Å². The first-order chi connectivity index (χ1) is 9.38. The highest BCUT2D eigenvalue weighted by Crippen LogP contribution is 2.14. The van der Waals surface area contributed by atoms with Crippen molar-refractivity contribution in [3.8, 4) is 5.75 Å². The van der Waals surface area contributed by atoms with Gasteiger partial charge in [0.1, 0.15) is 12.4 Å². The SMILES string of the molecule is NCCCCc1ccc(OCCN2CCCC2)cc1. The minimum absolute atomic E-state index is 0.789. The Bertz CT molecular complexity index is 344. The lowest BCUT2D eigenvalue weighted by Gasteiger charge is -2.15. The van der Waals surface area contributed by atoms with E-state index in [4.69, 9.17) is 10.5 Å². The molecule has 1 saturated heterocycles. The second-order valence-electron chi connectivity index (χ2n) is 5.29. The summed E-state index contributed by atoms with van der Waals surface area (Å²) >= 11 is 0. The zero-order valence-electron chi connectivity index (χ0n) is 11.8. The molecule has 19 heavy (non-hydrogen) atoms. The van der Waals surface area contributed by atoms with Crippen molar-refractivity contribution >= 4 is 0 Å². The van der Waals surface area contributed by atoms with Gasteiger partial charge in [-0.1, -0.05) is 12.1 Å². The Hall–Kier alpha value is -1.06. The highest BCUT2D eigenvalue weighted by molar-refractivity contribution is 5.27. The van der Waals surface area contributed by atoms with Gasteiger partial charge in [0.15, 0.2) is 0 Å². The molecule has 106 valence electrons. The molecule has 3 heteroatoms. The fourth-order valence-electron chi connectivity index (χ4n) is 2.52. The summed E-state index contributed by atoms with van der Waals surface area (Å²) < 4.78 is 5.79. The van der Waals surface area contributed by atoms with Crippen LogP contribution in [0.4, 0.5) is 0 Å². The number of ether oxygens (including phenoxy) is 1. The number of unbranched alkanes of at least 4 members (excludes halogenated alkanes) is 1. The number of benzene rings is 1. The van der Waals surface area contributed by atoms with Crippen molar-refractivity contribution in [3.05, 3.63) is 29.8 Å². The summed E-state index contributed by atoms with van der Waals surface area (Å²) in [6.07, 6.45) is 6.08. The highest BCUT2D eigenvalue weighted by atomic mass is 16.5. The van der Waals surface area contributed by atoms with E-state index in [9.17, 15) is 0 Å². The standard InChI is InChI=1S/C16H26N2O/c17-10-2-1-5-15-6-8-16(9-7-15)19-14-13-18-11-3-4-12-18/h6-9H,1-5,10-14,17H2. The van der Waals surface area contributed by atoms with Gasteiger partial charge in [-0.25, -0.2) is 0 Å². The molecule has 0 bridgehead atoms. The molecule has 0 radical (unpaired) electrons. The Morgan fingerprint density at radius 2 is 1.79 bits per heavy atom. The van der Waals surface area contributed by atoms with E-state index in [1.54, 1.807) is 0 Å². The number of likely N-dealkylation sites (tertiary alicyclic amines) is 1. The average Bonchev–Trinajstić information content (AvgIpc) is 2.94. The zero-order valence-corrected chi connectivity index (χ0v) is 11.8. The molecule has 1 aromatic rings. The first kappa shape index (κ1) is 14.4. The molecule has 3 nitrogen and oxygen atoms in total. The quantitative estimate of drug-likeness (QED) is 0.731. The smallest absolute Gasteiger partial charge is 0.119 e. The van der Waals surface area contributed by atoms with E-state index in [2.05, 4.69) is 29.2 Å². The molecule has 1 heterocycles. The molecular weight excluding hydrogens is 236 g/mol. The maximum atomic E-state index is 5.79. The van der Waals surface area contributed by atoms with E-state index in [0.717, 1.165) is 38.3 Å². The van der Waals surface area contributed by atoms with Gasteiger partial charge in [-0.15, -0.1) is 0 Å². The van der Waals surface area contributed by atoms with Gasteiger partial charge in [-0.05, 0) is 69.4 Å². The zero-order chi connectivity index (χ0) is 13.3. The Morgan fingerprint density at radius 1 is 1.05 bits per heavy atom. The Kier molecular flexibility index (Phi) is 6.18. The molecule has 1 aliphatic rings. The monoisotopic (exact) mass is 262 g/mol. The summed E-state index contributed by atoms with van der Waals surface area (Å²) in [6.45, 7) is 5.12. The van der Waals surface area contributed by atoms with Crippen molar-refractivity contribution in [3.63, 3.8) is 0 Å². The van der Waals surface area contributed by atoms with Crippen molar-refractivity contribution in [1.29, 1.82) is 0 Å². The number of rotatable bonds is 8. The maximum Gasteiger partial charge on any atom is 0.119 e. The first-order valence-electron chi connectivity index (χ1n) is 7.52. The maximum absolute atomic E-state index is 5.79. The molecule has 2 rings (SSSR count). The number of hydrogen-bond acceptors (Lipinski definition) is 3. The van der Waals surface area contributed by atoms with Gasteiger partial charge in [0, 0.05) is 6.54 Å².